The van der Waals surface area contributed by atoms with Gasteiger partial charge in [0.05, 0.1) is 10.7 Å². The number of pyridine rings is 1. The number of rotatable bonds is 3. The van der Waals surface area contributed by atoms with Crippen LogP contribution in [0, 0.1) is 12.8 Å². The Bertz CT molecular complexity index is 423. The molecule has 1 rings (SSSR count). The maximum absolute atomic E-state index is 6.07. The van der Waals surface area contributed by atoms with E-state index in [1.165, 1.54) is 0 Å². The third-order valence-electron chi connectivity index (χ3n) is 2.01. The molecule has 0 saturated carbocycles. The zero-order valence-electron chi connectivity index (χ0n) is 9.97. The molecule has 17 heavy (non-hydrogen) atoms. The minimum atomic E-state index is 0.532. The van der Waals surface area contributed by atoms with Crippen LogP contribution in [0.5, 0.6) is 0 Å². The number of hydrogen-bond acceptors (Lipinski definition) is 2. The van der Waals surface area contributed by atoms with Gasteiger partial charge in [0.2, 0.25) is 0 Å². The number of nitrogens with zero attached hydrogens (tertiary/aromatic N) is 1. The second-order valence-corrected chi connectivity index (χ2v) is 5.78. The lowest BCUT2D eigenvalue weighted by Gasteiger charge is -2.13. The van der Waals surface area contributed by atoms with Crippen LogP contribution in [0.1, 0.15) is 19.5 Å². The van der Waals surface area contributed by atoms with E-state index in [9.17, 15) is 0 Å². The average molecular weight is 337 g/mol. The largest absolute Gasteiger partial charge is 0.362 e. The highest BCUT2D eigenvalue weighted by Gasteiger charge is 2.07. The number of aryl methyl sites for hydroxylation is 1. The summed E-state index contributed by atoms with van der Waals surface area (Å²) in [5.41, 5.74) is 0.864. The Morgan fingerprint density at radius 1 is 1.59 bits per heavy atom. The highest BCUT2D eigenvalue weighted by atomic mass is 79.9. The topological polar surface area (TPSA) is 37.0 Å². The van der Waals surface area contributed by atoms with Crippen molar-refractivity contribution >= 4 is 50.7 Å². The van der Waals surface area contributed by atoms with E-state index in [2.05, 4.69) is 45.4 Å². The van der Waals surface area contributed by atoms with Crippen molar-refractivity contribution in [3.05, 3.63) is 21.3 Å². The quantitative estimate of drug-likeness (QED) is 0.824. The van der Waals surface area contributed by atoms with Crippen molar-refractivity contribution in [3.63, 3.8) is 0 Å². The molecule has 0 aliphatic rings. The molecule has 1 heterocycles. The standard InChI is InChI=1S/C11H15BrClN3S/c1-6(2)5-14-11(17)16-10-9(13)4-8(12)7(3)15-10/h4,6H,5H2,1-3H3,(H2,14,15,16,17). The van der Waals surface area contributed by atoms with Gasteiger partial charge in [0.1, 0.15) is 0 Å². The molecule has 0 bridgehead atoms. The summed E-state index contributed by atoms with van der Waals surface area (Å²) < 4.78 is 0.883. The number of hydrogen-bond donors (Lipinski definition) is 2. The Morgan fingerprint density at radius 3 is 2.82 bits per heavy atom. The molecule has 0 fully saturated rings. The summed E-state index contributed by atoms with van der Waals surface area (Å²) in [6, 6.07) is 1.80. The van der Waals surface area contributed by atoms with Crippen molar-refractivity contribution in [2.45, 2.75) is 20.8 Å². The van der Waals surface area contributed by atoms with Gasteiger partial charge in [0.25, 0.3) is 0 Å². The van der Waals surface area contributed by atoms with Crippen LogP contribution in [0.2, 0.25) is 5.02 Å². The van der Waals surface area contributed by atoms with Gasteiger partial charge in [0, 0.05) is 11.0 Å². The van der Waals surface area contributed by atoms with E-state index in [1.54, 1.807) is 6.07 Å². The molecule has 1 aromatic heterocycles. The van der Waals surface area contributed by atoms with Gasteiger partial charge in [-0.15, -0.1) is 0 Å². The van der Waals surface area contributed by atoms with E-state index < -0.39 is 0 Å². The summed E-state index contributed by atoms with van der Waals surface area (Å²) in [5.74, 6) is 1.11. The summed E-state index contributed by atoms with van der Waals surface area (Å²) in [5, 5.41) is 7.17. The summed E-state index contributed by atoms with van der Waals surface area (Å²) in [4.78, 5) is 4.32. The van der Waals surface area contributed by atoms with Crippen molar-refractivity contribution in [2.24, 2.45) is 5.92 Å². The Morgan fingerprint density at radius 2 is 2.24 bits per heavy atom. The minimum Gasteiger partial charge on any atom is -0.362 e. The van der Waals surface area contributed by atoms with E-state index in [0.29, 0.717) is 21.9 Å². The lowest BCUT2D eigenvalue weighted by Crippen LogP contribution is -2.31. The zero-order valence-corrected chi connectivity index (χ0v) is 13.1. The Kier molecular flexibility index (Phi) is 5.62. The molecule has 0 spiro atoms. The van der Waals surface area contributed by atoms with Crippen LogP contribution in [0.25, 0.3) is 0 Å². The first-order valence-corrected chi connectivity index (χ1v) is 6.85. The maximum atomic E-state index is 6.07. The van der Waals surface area contributed by atoms with Crippen LogP contribution < -0.4 is 10.6 Å². The van der Waals surface area contributed by atoms with Crippen molar-refractivity contribution in [1.82, 2.24) is 10.3 Å². The first kappa shape index (κ1) is 14.7. The average Bonchev–Trinajstić information content (AvgIpc) is 2.23. The fourth-order valence-electron chi connectivity index (χ4n) is 1.09. The number of anilines is 1. The second-order valence-electron chi connectivity index (χ2n) is 4.11. The van der Waals surface area contributed by atoms with Crippen molar-refractivity contribution < 1.29 is 0 Å². The van der Waals surface area contributed by atoms with Crippen LogP contribution in [0.4, 0.5) is 5.82 Å². The number of halogens is 2. The van der Waals surface area contributed by atoms with Gasteiger partial charge in [-0.05, 0) is 47.1 Å². The van der Waals surface area contributed by atoms with Crippen LogP contribution in [0.15, 0.2) is 10.5 Å². The molecule has 1 aromatic rings. The minimum absolute atomic E-state index is 0.532. The second kappa shape index (κ2) is 6.52. The molecule has 0 atom stereocenters. The third-order valence-corrected chi connectivity index (χ3v) is 3.34. The van der Waals surface area contributed by atoms with E-state index in [1.807, 2.05) is 6.92 Å². The van der Waals surface area contributed by atoms with Gasteiger partial charge in [-0.2, -0.15) is 0 Å². The predicted molar refractivity (Wildman–Crippen MR) is 80.7 cm³/mol. The monoisotopic (exact) mass is 335 g/mol. The van der Waals surface area contributed by atoms with Gasteiger partial charge in [-0.1, -0.05) is 25.4 Å². The highest BCUT2D eigenvalue weighted by Crippen LogP contribution is 2.25. The number of thiocarbonyl (C=S) groups is 1. The first-order chi connectivity index (χ1) is 7.90. The van der Waals surface area contributed by atoms with Gasteiger partial charge < -0.3 is 10.6 Å². The predicted octanol–water partition coefficient (Wildman–Crippen LogP) is 3.75. The van der Waals surface area contributed by atoms with Gasteiger partial charge in [-0.3, -0.25) is 0 Å². The van der Waals surface area contributed by atoms with Gasteiger partial charge in [-0.25, -0.2) is 4.98 Å². The van der Waals surface area contributed by atoms with Crippen molar-refractivity contribution in [2.75, 3.05) is 11.9 Å². The van der Waals surface area contributed by atoms with Crippen LogP contribution in [0.3, 0.4) is 0 Å². The van der Waals surface area contributed by atoms with Gasteiger partial charge in [0.15, 0.2) is 10.9 Å². The summed E-state index contributed by atoms with van der Waals surface area (Å²) in [6.45, 7) is 6.95. The summed E-state index contributed by atoms with van der Waals surface area (Å²) >= 11 is 14.6. The van der Waals surface area contributed by atoms with Crippen molar-refractivity contribution in [3.8, 4) is 0 Å². The molecule has 0 aliphatic heterocycles. The highest BCUT2D eigenvalue weighted by molar-refractivity contribution is 9.10. The number of nitrogens with one attached hydrogen (secondary N) is 2. The normalized spacial score (nSPS) is 10.5. The molecule has 6 heteroatoms. The van der Waals surface area contributed by atoms with Crippen LogP contribution in [-0.2, 0) is 0 Å². The van der Waals surface area contributed by atoms with Gasteiger partial charge >= 0.3 is 0 Å². The first-order valence-electron chi connectivity index (χ1n) is 5.27. The molecule has 0 aromatic carbocycles. The lowest BCUT2D eigenvalue weighted by molar-refractivity contribution is 0.627. The maximum Gasteiger partial charge on any atom is 0.171 e. The molecule has 3 nitrogen and oxygen atoms in total. The lowest BCUT2D eigenvalue weighted by atomic mass is 10.2. The summed E-state index contributed by atoms with van der Waals surface area (Å²) in [7, 11) is 0. The fraction of sp³-hybridized carbons (Fsp3) is 0.455. The van der Waals surface area contributed by atoms with E-state index in [-0.39, 0.29) is 0 Å². The molecule has 0 aliphatic carbocycles. The van der Waals surface area contributed by atoms with Crippen LogP contribution in [-0.4, -0.2) is 16.6 Å². The molecule has 2 N–H and O–H groups in total. The molecule has 0 amide bonds. The fourth-order valence-corrected chi connectivity index (χ4v) is 1.92. The van der Waals surface area contributed by atoms with E-state index >= 15 is 0 Å². The Balaban J connectivity index is 2.68. The molecular weight excluding hydrogens is 322 g/mol. The molecule has 94 valence electrons. The third kappa shape index (κ3) is 4.77. The SMILES string of the molecule is Cc1nc(NC(=S)NCC(C)C)c(Cl)cc1Br. The Hall–Kier alpha value is -0.390. The van der Waals surface area contributed by atoms with E-state index in [0.717, 1.165) is 16.7 Å². The van der Waals surface area contributed by atoms with E-state index in [4.69, 9.17) is 23.8 Å². The molecule has 0 saturated heterocycles. The van der Waals surface area contributed by atoms with Crippen LogP contribution >= 0.6 is 39.7 Å². The molecule has 0 unspecified atom stereocenters. The molecular formula is C11H15BrClN3S. The zero-order chi connectivity index (χ0) is 13.0. The Labute approximate surface area is 120 Å². The summed E-state index contributed by atoms with van der Waals surface area (Å²) in [6.07, 6.45) is 0. The number of aromatic nitrogens is 1. The smallest absolute Gasteiger partial charge is 0.171 e. The molecule has 0 radical (unpaired) electrons. The van der Waals surface area contributed by atoms with Crippen molar-refractivity contribution in [1.29, 1.82) is 0 Å².